The van der Waals surface area contributed by atoms with Crippen molar-refractivity contribution in [1.82, 2.24) is 9.80 Å². The molecule has 3 rings (SSSR count). The number of hydrogen-bond acceptors (Lipinski definition) is 5. The summed E-state index contributed by atoms with van der Waals surface area (Å²) in [7, 11) is 0. The van der Waals surface area contributed by atoms with Gasteiger partial charge in [0, 0.05) is 38.8 Å². The number of piperazine rings is 1. The van der Waals surface area contributed by atoms with Crippen LogP contribution >= 0.6 is 0 Å². The highest BCUT2D eigenvalue weighted by molar-refractivity contribution is 5.78. The summed E-state index contributed by atoms with van der Waals surface area (Å²) in [5.41, 5.74) is 0.367. The number of carbonyl (C=O) groups is 1. The van der Waals surface area contributed by atoms with Crippen molar-refractivity contribution in [3.05, 3.63) is 59.2 Å². The molecule has 0 aliphatic carbocycles. The van der Waals surface area contributed by atoms with Crippen molar-refractivity contribution in [2.24, 2.45) is 0 Å². The number of hydrogen-bond donors (Lipinski definition) is 0. The fraction of sp³-hybridized carbons (Fsp3) is 0.391. The molecule has 0 spiro atoms. The second kappa shape index (κ2) is 10.4. The monoisotopic (exact) mass is 447 g/mol. The number of halogens is 3. The molecular weight excluding hydrogens is 423 g/mol. The lowest BCUT2D eigenvalue weighted by Gasteiger charge is -2.34. The summed E-state index contributed by atoms with van der Waals surface area (Å²) < 4.78 is 49.8. The van der Waals surface area contributed by atoms with Gasteiger partial charge in [-0.15, -0.1) is 0 Å². The highest BCUT2D eigenvalue weighted by Crippen LogP contribution is 2.30. The van der Waals surface area contributed by atoms with Crippen LogP contribution in [0.25, 0.3) is 0 Å². The van der Waals surface area contributed by atoms with Crippen LogP contribution in [-0.2, 0) is 17.5 Å². The van der Waals surface area contributed by atoms with Gasteiger partial charge in [0.15, 0.2) is 18.1 Å². The second-order valence-electron chi connectivity index (χ2n) is 7.35. The molecule has 1 aliphatic rings. The number of nitriles is 1. The molecule has 1 fully saturated rings. The van der Waals surface area contributed by atoms with E-state index < -0.39 is 11.7 Å². The fourth-order valence-electron chi connectivity index (χ4n) is 3.46. The molecule has 1 aliphatic heterocycles. The molecule has 1 amide bonds. The molecule has 0 saturated carbocycles. The van der Waals surface area contributed by atoms with E-state index in [0.717, 1.165) is 6.07 Å². The predicted octanol–water partition coefficient (Wildman–Crippen LogP) is 3.70. The third kappa shape index (κ3) is 6.14. The molecule has 0 N–H and O–H groups in total. The third-order valence-electron chi connectivity index (χ3n) is 5.11. The van der Waals surface area contributed by atoms with E-state index in [1.54, 1.807) is 29.2 Å². The van der Waals surface area contributed by atoms with E-state index in [1.165, 1.54) is 12.1 Å². The fourth-order valence-corrected chi connectivity index (χ4v) is 3.46. The molecule has 0 atom stereocenters. The minimum atomic E-state index is -4.36. The Morgan fingerprint density at radius 3 is 2.47 bits per heavy atom. The Morgan fingerprint density at radius 2 is 1.81 bits per heavy atom. The topological polar surface area (TPSA) is 65.8 Å². The molecule has 1 saturated heterocycles. The first-order valence-corrected chi connectivity index (χ1v) is 10.3. The maximum Gasteiger partial charge on any atom is 0.416 e. The van der Waals surface area contributed by atoms with Crippen LogP contribution in [0.5, 0.6) is 11.5 Å². The van der Waals surface area contributed by atoms with Gasteiger partial charge in [0.05, 0.1) is 23.8 Å². The highest BCUT2D eigenvalue weighted by Gasteiger charge is 2.30. The minimum Gasteiger partial charge on any atom is -0.490 e. The lowest BCUT2D eigenvalue weighted by atomic mass is 10.1. The van der Waals surface area contributed by atoms with Crippen LogP contribution in [0.1, 0.15) is 23.6 Å². The number of alkyl halides is 3. The Hall–Kier alpha value is -3.25. The Bertz CT molecular complexity index is 980. The van der Waals surface area contributed by atoms with Crippen molar-refractivity contribution in [1.29, 1.82) is 5.26 Å². The number of rotatable bonds is 7. The normalized spacial score (nSPS) is 14.7. The summed E-state index contributed by atoms with van der Waals surface area (Å²) in [5, 5.41) is 9.01. The first-order chi connectivity index (χ1) is 15.3. The molecule has 32 heavy (non-hydrogen) atoms. The quantitative estimate of drug-likeness (QED) is 0.648. The zero-order valence-electron chi connectivity index (χ0n) is 17.7. The largest absolute Gasteiger partial charge is 0.490 e. The summed E-state index contributed by atoms with van der Waals surface area (Å²) in [5.74, 6) is 0.614. The SMILES string of the molecule is CCOc1cc(C#N)ccc1OCC(=O)N1CCN(Cc2cccc(C(F)(F)F)c2)CC1. The van der Waals surface area contributed by atoms with Crippen molar-refractivity contribution in [2.75, 3.05) is 39.4 Å². The summed E-state index contributed by atoms with van der Waals surface area (Å²) >= 11 is 0. The Labute approximate surface area is 184 Å². The number of ether oxygens (including phenoxy) is 2. The van der Waals surface area contributed by atoms with Gasteiger partial charge in [0.1, 0.15) is 0 Å². The second-order valence-corrected chi connectivity index (χ2v) is 7.35. The maximum absolute atomic E-state index is 12.9. The maximum atomic E-state index is 12.9. The Balaban J connectivity index is 1.50. The molecule has 2 aromatic rings. The van der Waals surface area contributed by atoms with Crippen LogP contribution < -0.4 is 9.47 Å². The highest BCUT2D eigenvalue weighted by atomic mass is 19.4. The van der Waals surface area contributed by atoms with Gasteiger partial charge in [-0.1, -0.05) is 18.2 Å². The zero-order chi connectivity index (χ0) is 23.1. The van der Waals surface area contributed by atoms with Crippen LogP contribution in [0.2, 0.25) is 0 Å². The summed E-state index contributed by atoms with van der Waals surface area (Å²) in [4.78, 5) is 16.2. The van der Waals surface area contributed by atoms with Gasteiger partial charge in [-0.2, -0.15) is 18.4 Å². The van der Waals surface area contributed by atoms with Gasteiger partial charge in [0.25, 0.3) is 5.91 Å². The number of benzene rings is 2. The predicted molar refractivity (Wildman–Crippen MR) is 111 cm³/mol. The molecule has 170 valence electrons. The van der Waals surface area contributed by atoms with E-state index in [-0.39, 0.29) is 12.5 Å². The molecule has 0 bridgehead atoms. The lowest BCUT2D eigenvalue weighted by Crippen LogP contribution is -2.49. The van der Waals surface area contributed by atoms with E-state index >= 15 is 0 Å². The molecular formula is C23H24F3N3O3. The molecule has 0 aromatic heterocycles. The van der Waals surface area contributed by atoms with Crippen LogP contribution in [0.4, 0.5) is 13.2 Å². The summed E-state index contributed by atoms with van der Waals surface area (Å²) in [6, 6.07) is 12.1. The molecule has 6 nitrogen and oxygen atoms in total. The van der Waals surface area contributed by atoms with Crippen molar-refractivity contribution in [3.8, 4) is 17.6 Å². The van der Waals surface area contributed by atoms with Crippen molar-refractivity contribution in [2.45, 2.75) is 19.6 Å². The van der Waals surface area contributed by atoms with E-state index in [2.05, 4.69) is 0 Å². The zero-order valence-corrected chi connectivity index (χ0v) is 17.7. The van der Waals surface area contributed by atoms with Crippen molar-refractivity contribution in [3.63, 3.8) is 0 Å². The van der Waals surface area contributed by atoms with Crippen LogP contribution in [0, 0.1) is 11.3 Å². The average Bonchev–Trinajstić information content (AvgIpc) is 2.78. The Morgan fingerprint density at radius 1 is 1.06 bits per heavy atom. The first-order valence-electron chi connectivity index (χ1n) is 10.3. The van der Waals surface area contributed by atoms with E-state index in [0.29, 0.717) is 62.0 Å². The molecule has 1 heterocycles. The van der Waals surface area contributed by atoms with Crippen molar-refractivity contribution >= 4 is 5.91 Å². The van der Waals surface area contributed by atoms with Gasteiger partial charge in [-0.05, 0) is 30.7 Å². The summed E-state index contributed by atoms with van der Waals surface area (Å²) in [6.45, 7) is 4.48. The Kier molecular flexibility index (Phi) is 7.59. The van der Waals surface area contributed by atoms with E-state index in [4.69, 9.17) is 14.7 Å². The smallest absolute Gasteiger partial charge is 0.416 e. The summed E-state index contributed by atoms with van der Waals surface area (Å²) in [6.07, 6.45) is -4.36. The number of amides is 1. The minimum absolute atomic E-state index is 0.167. The molecule has 0 radical (unpaired) electrons. The van der Waals surface area contributed by atoms with Gasteiger partial charge >= 0.3 is 6.18 Å². The lowest BCUT2D eigenvalue weighted by molar-refractivity contribution is -0.138. The molecule has 9 heteroatoms. The van der Waals surface area contributed by atoms with Crippen LogP contribution in [0.15, 0.2) is 42.5 Å². The number of carbonyl (C=O) groups excluding carboxylic acids is 1. The first kappa shape index (κ1) is 23.4. The number of nitrogens with zero attached hydrogens (tertiary/aromatic N) is 3. The van der Waals surface area contributed by atoms with Crippen LogP contribution in [-0.4, -0.2) is 55.1 Å². The molecule has 2 aromatic carbocycles. The average molecular weight is 447 g/mol. The molecule has 0 unspecified atom stereocenters. The van der Waals surface area contributed by atoms with Gasteiger partial charge in [-0.3, -0.25) is 9.69 Å². The van der Waals surface area contributed by atoms with Gasteiger partial charge in [-0.25, -0.2) is 0 Å². The van der Waals surface area contributed by atoms with E-state index in [9.17, 15) is 18.0 Å². The van der Waals surface area contributed by atoms with Crippen LogP contribution in [0.3, 0.4) is 0 Å². The van der Waals surface area contributed by atoms with E-state index in [1.807, 2.05) is 17.9 Å². The third-order valence-corrected chi connectivity index (χ3v) is 5.11. The van der Waals surface area contributed by atoms with Gasteiger partial charge in [0.2, 0.25) is 0 Å². The van der Waals surface area contributed by atoms with Crippen molar-refractivity contribution < 1.29 is 27.4 Å². The standard InChI is InChI=1S/C23H24F3N3O3/c1-2-31-21-13-17(14-27)6-7-20(21)32-16-22(30)29-10-8-28(9-11-29)15-18-4-3-5-19(12-18)23(24,25)26/h3-7,12-13H,2,8-11,15-16H2,1H3. The van der Waals surface area contributed by atoms with Gasteiger partial charge < -0.3 is 14.4 Å².